The first kappa shape index (κ1) is 28.0. The first-order valence-corrected chi connectivity index (χ1v) is 13.8. The van der Waals surface area contributed by atoms with E-state index in [2.05, 4.69) is 38.7 Å². The maximum atomic E-state index is 13.1. The van der Waals surface area contributed by atoms with Crippen molar-refractivity contribution in [1.29, 1.82) is 0 Å². The number of fused-ring (bicyclic) bond motifs is 1. The van der Waals surface area contributed by atoms with Gasteiger partial charge < -0.3 is 9.42 Å². The highest BCUT2D eigenvalue weighted by atomic mass is 19.4. The van der Waals surface area contributed by atoms with E-state index >= 15 is 0 Å². The molecular formula is C29H29F3N6O4. The van der Waals surface area contributed by atoms with E-state index in [1.807, 2.05) is 18.2 Å². The highest BCUT2D eigenvalue weighted by Crippen LogP contribution is 2.42. The Labute approximate surface area is 239 Å². The number of halogens is 3. The van der Waals surface area contributed by atoms with Gasteiger partial charge in [-0.05, 0) is 42.5 Å². The Morgan fingerprint density at radius 1 is 1.05 bits per heavy atom. The average molecular weight is 583 g/mol. The lowest BCUT2D eigenvalue weighted by atomic mass is 9.72. The molecular weight excluding hydrogens is 553 g/mol. The number of carbonyl (C=O) groups excluding carboxylic acids is 3. The highest BCUT2D eigenvalue weighted by molar-refractivity contribution is 6.05. The molecule has 1 N–H and O–H groups in total. The van der Waals surface area contributed by atoms with Crippen LogP contribution < -0.4 is 5.32 Å². The van der Waals surface area contributed by atoms with Crippen molar-refractivity contribution in [1.82, 2.24) is 30.2 Å². The van der Waals surface area contributed by atoms with E-state index in [0.717, 1.165) is 30.8 Å². The SMILES string of the molecule is CC1(C)CN(Cc2ccc(-c3noc(C(F)(F)F)n3)cc2)CCC1c1ccc2c(n1)CN(C1CCC(=O)NC1=O)C2=O. The minimum Gasteiger partial charge on any atom is -0.329 e. The van der Waals surface area contributed by atoms with Gasteiger partial charge in [0.25, 0.3) is 5.91 Å². The third-order valence-corrected chi connectivity index (χ3v) is 8.35. The van der Waals surface area contributed by atoms with Gasteiger partial charge in [0.05, 0.1) is 17.8 Å². The fraction of sp³-hybridized carbons (Fsp3) is 0.448. The summed E-state index contributed by atoms with van der Waals surface area (Å²) in [6.07, 6.45) is -3.33. The molecule has 3 aromatic rings. The molecule has 2 fully saturated rings. The fourth-order valence-corrected chi connectivity index (χ4v) is 6.27. The van der Waals surface area contributed by atoms with Crippen molar-refractivity contribution in [3.05, 3.63) is 64.8 Å². The summed E-state index contributed by atoms with van der Waals surface area (Å²) in [4.78, 5) is 49.2. The van der Waals surface area contributed by atoms with Crippen LogP contribution in [0.2, 0.25) is 0 Å². The van der Waals surface area contributed by atoms with Crippen LogP contribution in [0, 0.1) is 5.41 Å². The molecule has 0 radical (unpaired) electrons. The van der Waals surface area contributed by atoms with Gasteiger partial charge in [-0.1, -0.05) is 43.3 Å². The molecule has 3 aliphatic heterocycles. The summed E-state index contributed by atoms with van der Waals surface area (Å²) in [7, 11) is 0. The van der Waals surface area contributed by atoms with Gasteiger partial charge in [0.1, 0.15) is 6.04 Å². The number of rotatable bonds is 5. The second-order valence-corrected chi connectivity index (χ2v) is 11.8. The molecule has 10 nitrogen and oxygen atoms in total. The fourth-order valence-electron chi connectivity index (χ4n) is 6.27. The average Bonchev–Trinajstić information content (AvgIpc) is 3.54. The first-order valence-electron chi connectivity index (χ1n) is 13.8. The largest absolute Gasteiger partial charge is 0.471 e. The number of imide groups is 1. The number of piperidine rings is 2. The molecule has 5 heterocycles. The van der Waals surface area contributed by atoms with E-state index in [4.69, 9.17) is 4.98 Å². The van der Waals surface area contributed by atoms with Gasteiger partial charge >= 0.3 is 12.1 Å². The van der Waals surface area contributed by atoms with E-state index in [0.29, 0.717) is 29.8 Å². The second-order valence-electron chi connectivity index (χ2n) is 11.8. The number of nitrogens with zero attached hydrogens (tertiary/aromatic N) is 5. The molecule has 0 bridgehead atoms. The van der Waals surface area contributed by atoms with E-state index < -0.39 is 24.0 Å². The Morgan fingerprint density at radius 3 is 2.48 bits per heavy atom. The maximum absolute atomic E-state index is 13.1. The molecule has 2 unspecified atom stereocenters. The van der Waals surface area contributed by atoms with E-state index in [1.54, 1.807) is 18.2 Å². The molecule has 0 aliphatic carbocycles. The Morgan fingerprint density at radius 2 is 1.81 bits per heavy atom. The van der Waals surface area contributed by atoms with Crippen LogP contribution in [0.15, 0.2) is 40.9 Å². The standard InChI is InChI=1S/C29H29F3N6O4/c1-28(2)15-37(13-16-3-5-17(6-4-16)24-35-27(42-36-24)29(30,31)32)12-11-19(28)20-8-7-18-21(33-20)14-38(26(18)41)22-9-10-23(39)34-25(22)40/h3-8,19,22H,9-15H2,1-2H3,(H,34,39,40). The molecule has 6 rings (SSSR count). The van der Waals surface area contributed by atoms with E-state index in [9.17, 15) is 27.6 Å². The van der Waals surface area contributed by atoms with Crippen molar-refractivity contribution in [2.45, 2.75) is 64.3 Å². The third-order valence-electron chi connectivity index (χ3n) is 8.35. The number of nitrogens with one attached hydrogen (secondary N) is 1. The summed E-state index contributed by atoms with van der Waals surface area (Å²) >= 11 is 0. The molecule has 2 aromatic heterocycles. The molecule has 2 saturated heterocycles. The van der Waals surface area contributed by atoms with Crippen LogP contribution in [0.5, 0.6) is 0 Å². The number of likely N-dealkylation sites (tertiary alicyclic amines) is 1. The van der Waals surface area contributed by atoms with Crippen LogP contribution in [0.3, 0.4) is 0 Å². The quantitative estimate of drug-likeness (QED) is 0.450. The molecule has 42 heavy (non-hydrogen) atoms. The molecule has 3 aliphatic rings. The third kappa shape index (κ3) is 5.28. The number of amides is 3. The second kappa shape index (κ2) is 10.3. The van der Waals surface area contributed by atoms with Crippen molar-refractivity contribution in [2.24, 2.45) is 5.41 Å². The minimum atomic E-state index is -4.69. The molecule has 1 aromatic carbocycles. The van der Waals surface area contributed by atoms with E-state index in [-0.39, 0.29) is 41.9 Å². The molecule has 0 saturated carbocycles. The zero-order valence-electron chi connectivity index (χ0n) is 23.1. The number of aromatic nitrogens is 3. The van der Waals surface area contributed by atoms with Crippen LogP contribution in [0.1, 0.15) is 72.2 Å². The van der Waals surface area contributed by atoms with Crippen LogP contribution in [0.4, 0.5) is 13.2 Å². The van der Waals surface area contributed by atoms with Gasteiger partial charge in [-0.3, -0.25) is 29.6 Å². The van der Waals surface area contributed by atoms with Gasteiger partial charge in [0.2, 0.25) is 17.6 Å². The summed E-state index contributed by atoms with van der Waals surface area (Å²) in [5.74, 6) is -2.33. The zero-order chi connectivity index (χ0) is 29.8. The smallest absolute Gasteiger partial charge is 0.329 e. The summed E-state index contributed by atoms with van der Waals surface area (Å²) in [6, 6.07) is 10.1. The van der Waals surface area contributed by atoms with Crippen LogP contribution in [-0.4, -0.2) is 61.8 Å². The Kier molecular flexibility index (Phi) is 6.87. The first-order chi connectivity index (χ1) is 19.9. The zero-order valence-corrected chi connectivity index (χ0v) is 23.1. The van der Waals surface area contributed by atoms with Crippen molar-refractivity contribution in [3.63, 3.8) is 0 Å². The molecule has 2 atom stereocenters. The summed E-state index contributed by atoms with van der Waals surface area (Å²) in [5, 5.41) is 5.76. The summed E-state index contributed by atoms with van der Waals surface area (Å²) in [5.41, 5.74) is 3.38. The topological polar surface area (TPSA) is 122 Å². The van der Waals surface area contributed by atoms with Gasteiger partial charge in [0, 0.05) is 36.7 Å². The molecule has 220 valence electrons. The number of alkyl halides is 3. The number of carbonyl (C=O) groups is 3. The number of hydrogen-bond acceptors (Lipinski definition) is 8. The Bertz CT molecular complexity index is 1550. The van der Waals surface area contributed by atoms with Crippen LogP contribution >= 0.6 is 0 Å². The van der Waals surface area contributed by atoms with Crippen molar-refractivity contribution < 1.29 is 32.1 Å². The molecule has 13 heteroatoms. The van der Waals surface area contributed by atoms with Crippen molar-refractivity contribution in [3.8, 4) is 11.4 Å². The van der Waals surface area contributed by atoms with Gasteiger partial charge in [-0.2, -0.15) is 18.2 Å². The monoisotopic (exact) mass is 582 g/mol. The van der Waals surface area contributed by atoms with Crippen LogP contribution in [-0.2, 0) is 28.9 Å². The van der Waals surface area contributed by atoms with Crippen molar-refractivity contribution in [2.75, 3.05) is 13.1 Å². The maximum Gasteiger partial charge on any atom is 0.471 e. The van der Waals surface area contributed by atoms with Gasteiger partial charge in [0.15, 0.2) is 0 Å². The summed E-state index contributed by atoms with van der Waals surface area (Å²) in [6.45, 7) is 6.90. The molecule has 0 spiro atoms. The summed E-state index contributed by atoms with van der Waals surface area (Å²) < 4.78 is 42.7. The Hall–Kier alpha value is -4.13. The minimum absolute atomic E-state index is 0.111. The lowest BCUT2D eigenvalue weighted by Gasteiger charge is -2.44. The lowest BCUT2D eigenvalue weighted by molar-refractivity contribution is -0.159. The van der Waals surface area contributed by atoms with Crippen molar-refractivity contribution >= 4 is 17.7 Å². The number of hydrogen-bond donors (Lipinski definition) is 1. The highest BCUT2D eigenvalue weighted by Gasteiger charge is 2.42. The van der Waals surface area contributed by atoms with E-state index in [1.165, 1.54) is 4.90 Å². The Balaban J connectivity index is 1.10. The predicted octanol–water partition coefficient (Wildman–Crippen LogP) is 3.93. The van der Waals surface area contributed by atoms with Gasteiger partial charge in [-0.15, -0.1) is 0 Å². The lowest BCUT2D eigenvalue weighted by Crippen LogP contribution is -2.52. The molecule has 3 amide bonds. The number of pyridine rings is 1. The predicted molar refractivity (Wildman–Crippen MR) is 141 cm³/mol. The van der Waals surface area contributed by atoms with Gasteiger partial charge in [-0.25, -0.2) is 0 Å². The van der Waals surface area contributed by atoms with Crippen LogP contribution in [0.25, 0.3) is 11.4 Å². The number of benzene rings is 1. The normalized spacial score (nSPS) is 22.8.